The standard InChI is InChI=1S/C16H16ClNO4/c1-18(7-6-16(20)21)15(19)5-2-11-8-12-9-13(17)3-4-14(12)22-10-11/h2-5,8-9H,6-7,10H2,1H3,(H,20,21). The van der Waals surface area contributed by atoms with Crippen LogP contribution in [0.3, 0.4) is 0 Å². The molecule has 1 aliphatic heterocycles. The fraction of sp³-hybridized carbons (Fsp3) is 0.250. The Balaban J connectivity index is 2.01. The van der Waals surface area contributed by atoms with Gasteiger partial charge in [0.05, 0.1) is 6.42 Å². The number of amides is 1. The van der Waals surface area contributed by atoms with Crippen molar-refractivity contribution in [3.8, 4) is 5.75 Å². The summed E-state index contributed by atoms with van der Waals surface area (Å²) in [7, 11) is 1.57. The third kappa shape index (κ3) is 4.36. The monoisotopic (exact) mass is 321 g/mol. The van der Waals surface area contributed by atoms with Gasteiger partial charge in [0.1, 0.15) is 12.4 Å². The van der Waals surface area contributed by atoms with Gasteiger partial charge in [-0.05, 0) is 29.8 Å². The van der Waals surface area contributed by atoms with Crippen molar-refractivity contribution >= 4 is 29.6 Å². The lowest BCUT2D eigenvalue weighted by Crippen LogP contribution is -2.27. The lowest BCUT2D eigenvalue weighted by molar-refractivity contribution is -0.137. The van der Waals surface area contributed by atoms with Gasteiger partial charge >= 0.3 is 5.97 Å². The van der Waals surface area contributed by atoms with Crippen molar-refractivity contribution in [3.05, 3.63) is 46.5 Å². The number of carbonyl (C=O) groups is 2. The van der Waals surface area contributed by atoms with Gasteiger partial charge in [0, 0.05) is 30.3 Å². The highest BCUT2D eigenvalue weighted by Crippen LogP contribution is 2.29. The summed E-state index contributed by atoms with van der Waals surface area (Å²) in [6.07, 6.45) is 4.91. The number of rotatable bonds is 5. The molecule has 1 heterocycles. The van der Waals surface area contributed by atoms with Crippen molar-refractivity contribution in [2.45, 2.75) is 6.42 Å². The minimum Gasteiger partial charge on any atom is -0.488 e. The molecule has 2 rings (SSSR count). The SMILES string of the molecule is CN(CCC(=O)O)C(=O)C=CC1=Cc2cc(Cl)ccc2OC1. The number of fused-ring (bicyclic) bond motifs is 1. The third-order valence-corrected chi connectivity index (χ3v) is 3.42. The summed E-state index contributed by atoms with van der Waals surface area (Å²) in [5.74, 6) is -0.425. The molecule has 1 N–H and O–H groups in total. The van der Waals surface area contributed by atoms with E-state index in [9.17, 15) is 9.59 Å². The second-order valence-corrected chi connectivity index (χ2v) is 5.36. The average Bonchev–Trinajstić information content (AvgIpc) is 2.49. The molecule has 1 aliphatic rings. The van der Waals surface area contributed by atoms with E-state index in [-0.39, 0.29) is 18.9 Å². The van der Waals surface area contributed by atoms with Crippen LogP contribution in [0.1, 0.15) is 12.0 Å². The zero-order valence-electron chi connectivity index (χ0n) is 12.1. The first-order chi connectivity index (χ1) is 10.5. The summed E-state index contributed by atoms with van der Waals surface area (Å²) in [5.41, 5.74) is 1.71. The van der Waals surface area contributed by atoms with Crippen LogP contribution in [0.4, 0.5) is 0 Å². The highest BCUT2D eigenvalue weighted by atomic mass is 35.5. The number of carboxylic acids is 1. The van der Waals surface area contributed by atoms with Gasteiger partial charge in [-0.15, -0.1) is 0 Å². The van der Waals surface area contributed by atoms with E-state index in [0.717, 1.165) is 16.9 Å². The maximum atomic E-state index is 11.9. The maximum Gasteiger partial charge on any atom is 0.305 e. The van der Waals surface area contributed by atoms with E-state index in [1.807, 2.05) is 6.08 Å². The molecule has 0 atom stereocenters. The van der Waals surface area contributed by atoms with Gasteiger partial charge in [0.25, 0.3) is 0 Å². The van der Waals surface area contributed by atoms with Crippen molar-refractivity contribution in [2.24, 2.45) is 0 Å². The van der Waals surface area contributed by atoms with E-state index in [0.29, 0.717) is 11.6 Å². The van der Waals surface area contributed by atoms with Crippen LogP contribution in [0.5, 0.6) is 5.75 Å². The number of carboxylic acid groups (broad SMARTS) is 1. The zero-order chi connectivity index (χ0) is 16.1. The molecule has 0 spiro atoms. The molecular formula is C16H16ClNO4. The van der Waals surface area contributed by atoms with Crippen LogP contribution in [-0.2, 0) is 9.59 Å². The van der Waals surface area contributed by atoms with Crippen molar-refractivity contribution < 1.29 is 19.4 Å². The minimum absolute atomic E-state index is 0.0756. The number of carbonyl (C=O) groups excluding carboxylic acids is 1. The summed E-state index contributed by atoms with van der Waals surface area (Å²) in [6, 6.07) is 5.36. The quantitative estimate of drug-likeness (QED) is 0.847. The molecule has 0 aliphatic carbocycles. The van der Waals surface area contributed by atoms with E-state index >= 15 is 0 Å². The number of aliphatic carboxylic acids is 1. The maximum absolute atomic E-state index is 11.9. The first kappa shape index (κ1) is 16.1. The van der Waals surface area contributed by atoms with E-state index in [2.05, 4.69) is 0 Å². The number of halogens is 1. The van der Waals surface area contributed by atoms with Crippen LogP contribution in [0.2, 0.25) is 5.02 Å². The number of ether oxygens (including phenoxy) is 1. The second-order valence-electron chi connectivity index (χ2n) is 4.93. The number of likely N-dealkylation sites (N-methyl/N-ethyl adjacent to an activating group) is 1. The average molecular weight is 322 g/mol. The lowest BCUT2D eigenvalue weighted by Gasteiger charge is -2.17. The highest BCUT2D eigenvalue weighted by Gasteiger charge is 2.11. The summed E-state index contributed by atoms with van der Waals surface area (Å²) in [4.78, 5) is 23.7. The largest absolute Gasteiger partial charge is 0.488 e. The molecule has 1 aromatic carbocycles. The Hall–Kier alpha value is -2.27. The van der Waals surface area contributed by atoms with Crippen molar-refractivity contribution in [1.82, 2.24) is 4.90 Å². The number of hydrogen-bond acceptors (Lipinski definition) is 3. The smallest absolute Gasteiger partial charge is 0.305 e. The molecule has 0 fully saturated rings. The highest BCUT2D eigenvalue weighted by molar-refractivity contribution is 6.30. The number of hydrogen-bond donors (Lipinski definition) is 1. The van der Waals surface area contributed by atoms with Crippen LogP contribution >= 0.6 is 11.6 Å². The van der Waals surface area contributed by atoms with Crippen LogP contribution < -0.4 is 4.74 Å². The van der Waals surface area contributed by atoms with Gasteiger partial charge in [-0.3, -0.25) is 9.59 Å². The molecule has 1 amide bonds. The normalized spacial score (nSPS) is 13.3. The van der Waals surface area contributed by atoms with Gasteiger partial charge < -0.3 is 14.7 Å². The summed E-state index contributed by atoms with van der Waals surface area (Å²) < 4.78 is 5.58. The Kier molecular flexibility index (Phi) is 5.22. The summed E-state index contributed by atoms with van der Waals surface area (Å²) in [6.45, 7) is 0.545. The fourth-order valence-corrected chi connectivity index (χ4v) is 2.12. The van der Waals surface area contributed by atoms with Gasteiger partial charge in [-0.1, -0.05) is 17.7 Å². The van der Waals surface area contributed by atoms with Crippen LogP contribution in [-0.4, -0.2) is 42.1 Å². The first-order valence-electron chi connectivity index (χ1n) is 6.73. The van der Waals surface area contributed by atoms with E-state index in [1.165, 1.54) is 11.0 Å². The molecule has 1 aromatic rings. The third-order valence-electron chi connectivity index (χ3n) is 3.18. The molecule has 0 aromatic heterocycles. The van der Waals surface area contributed by atoms with Crippen molar-refractivity contribution in [1.29, 1.82) is 0 Å². The summed E-state index contributed by atoms with van der Waals surface area (Å²) >= 11 is 5.94. The molecule has 22 heavy (non-hydrogen) atoms. The Morgan fingerprint density at radius 3 is 2.95 bits per heavy atom. The molecule has 116 valence electrons. The summed E-state index contributed by atoms with van der Waals surface area (Å²) in [5, 5.41) is 9.22. The predicted molar refractivity (Wildman–Crippen MR) is 84.0 cm³/mol. The molecule has 5 nitrogen and oxygen atoms in total. The number of benzene rings is 1. The predicted octanol–water partition coefficient (Wildman–Crippen LogP) is 2.61. The van der Waals surface area contributed by atoms with Crippen LogP contribution in [0.25, 0.3) is 6.08 Å². The van der Waals surface area contributed by atoms with Gasteiger partial charge in [-0.2, -0.15) is 0 Å². The van der Waals surface area contributed by atoms with Crippen molar-refractivity contribution in [3.63, 3.8) is 0 Å². The van der Waals surface area contributed by atoms with Crippen LogP contribution in [0, 0.1) is 0 Å². The molecule has 0 saturated heterocycles. The van der Waals surface area contributed by atoms with E-state index in [1.54, 1.807) is 31.3 Å². The molecule has 0 radical (unpaired) electrons. The van der Waals surface area contributed by atoms with E-state index in [4.69, 9.17) is 21.4 Å². The van der Waals surface area contributed by atoms with Crippen LogP contribution in [0.15, 0.2) is 35.9 Å². The topological polar surface area (TPSA) is 66.8 Å². The Morgan fingerprint density at radius 1 is 1.45 bits per heavy atom. The fourth-order valence-electron chi connectivity index (χ4n) is 1.94. The Morgan fingerprint density at radius 2 is 2.23 bits per heavy atom. The minimum atomic E-state index is -0.930. The second kappa shape index (κ2) is 7.13. The van der Waals surface area contributed by atoms with Crippen molar-refractivity contribution in [2.75, 3.05) is 20.2 Å². The molecule has 6 heteroatoms. The van der Waals surface area contributed by atoms with Gasteiger partial charge in [-0.25, -0.2) is 0 Å². The molecule has 0 saturated carbocycles. The van der Waals surface area contributed by atoms with E-state index < -0.39 is 5.97 Å². The first-order valence-corrected chi connectivity index (χ1v) is 7.11. The van der Waals surface area contributed by atoms with Gasteiger partial charge in [0.15, 0.2) is 0 Å². The Bertz CT molecular complexity index is 652. The molecule has 0 unspecified atom stereocenters. The number of nitrogens with zero attached hydrogens (tertiary/aromatic N) is 1. The molecular weight excluding hydrogens is 306 g/mol. The lowest BCUT2D eigenvalue weighted by atomic mass is 10.1. The van der Waals surface area contributed by atoms with Gasteiger partial charge in [0.2, 0.25) is 5.91 Å². The molecule has 0 bridgehead atoms. The zero-order valence-corrected chi connectivity index (χ0v) is 12.8. The Labute approximate surface area is 133 Å².